The first-order valence-corrected chi connectivity index (χ1v) is 6.64. The molecule has 1 rings (SSSR count). The Labute approximate surface area is 116 Å². The highest BCUT2D eigenvalue weighted by molar-refractivity contribution is 5.52. The number of rotatable bonds is 6. The fourth-order valence-electron chi connectivity index (χ4n) is 2.61. The largest absolute Gasteiger partial charge is 0.496 e. The predicted octanol–water partition coefficient (Wildman–Crippen LogP) is 2.69. The average molecular weight is 263 g/mol. The maximum absolute atomic E-state index is 10.4. The fraction of sp³-hybridized carbons (Fsp3) is 0.562. The van der Waals surface area contributed by atoms with Crippen LogP contribution in [0.4, 0.5) is 0 Å². The van der Waals surface area contributed by atoms with E-state index in [4.69, 9.17) is 4.74 Å². The van der Waals surface area contributed by atoms with E-state index in [-0.39, 0.29) is 5.41 Å². The Morgan fingerprint density at radius 3 is 2.42 bits per heavy atom. The minimum Gasteiger partial charge on any atom is -0.496 e. The van der Waals surface area contributed by atoms with Gasteiger partial charge in [0, 0.05) is 12.0 Å². The lowest BCUT2D eigenvalue weighted by Crippen LogP contribution is -2.34. The summed E-state index contributed by atoms with van der Waals surface area (Å²) in [5.41, 5.74) is 4.90. The molecule has 3 nitrogen and oxygen atoms in total. The number of nitrogens with one attached hydrogen (secondary N) is 1. The van der Waals surface area contributed by atoms with Gasteiger partial charge in [-0.1, -0.05) is 19.9 Å². The van der Waals surface area contributed by atoms with Crippen molar-refractivity contribution >= 4 is 6.29 Å². The molecule has 0 spiro atoms. The number of hydrogen-bond acceptors (Lipinski definition) is 3. The lowest BCUT2D eigenvalue weighted by molar-refractivity contribution is -0.107. The molecule has 0 aliphatic rings. The van der Waals surface area contributed by atoms with Crippen LogP contribution in [0.2, 0.25) is 0 Å². The van der Waals surface area contributed by atoms with Gasteiger partial charge in [-0.3, -0.25) is 0 Å². The van der Waals surface area contributed by atoms with Crippen LogP contribution in [-0.2, 0) is 10.2 Å². The molecular weight excluding hydrogens is 238 g/mol. The molecule has 0 unspecified atom stereocenters. The zero-order valence-electron chi connectivity index (χ0n) is 12.9. The highest BCUT2D eigenvalue weighted by Gasteiger charge is 2.24. The van der Waals surface area contributed by atoms with E-state index in [2.05, 4.69) is 46.0 Å². The highest BCUT2D eigenvalue weighted by Crippen LogP contribution is 2.34. The monoisotopic (exact) mass is 263 g/mol. The molecule has 0 aromatic heterocycles. The van der Waals surface area contributed by atoms with E-state index >= 15 is 0 Å². The Kier molecular flexibility index (Phi) is 5.12. The Hall–Kier alpha value is -1.35. The molecule has 0 amide bonds. The summed E-state index contributed by atoms with van der Waals surface area (Å²) >= 11 is 0. The summed E-state index contributed by atoms with van der Waals surface area (Å²) in [4.78, 5) is 10.4. The Morgan fingerprint density at radius 1 is 1.26 bits per heavy atom. The first-order chi connectivity index (χ1) is 8.85. The molecule has 3 heteroatoms. The maximum atomic E-state index is 10.4. The topological polar surface area (TPSA) is 38.3 Å². The SMILES string of the molecule is COc1c(C)cc(C(C)(C)CNCC=O)c(C)c1C. The molecule has 0 heterocycles. The molecule has 106 valence electrons. The standard InChI is InChI=1S/C16H25NO2/c1-11-9-14(12(2)13(3)15(11)19-6)16(4,5)10-17-7-8-18/h8-9,17H,7,10H2,1-6H3. The number of aldehydes is 1. The lowest BCUT2D eigenvalue weighted by Gasteiger charge is -2.29. The number of hydrogen-bond donors (Lipinski definition) is 1. The van der Waals surface area contributed by atoms with Gasteiger partial charge < -0.3 is 14.8 Å². The van der Waals surface area contributed by atoms with Crippen molar-refractivity contribution in [1.82, 2.24) is 5.32 Å². The quantitative estimate of drug-likeness (QED) is 0.633. The molecule has 0 bridgehead atoms. The van der Waals surface area contributed by atoms with Gasteiger partial charge in [0.05, 0.1) is 13.7 Å². The highest BCUT2D eigenvalue weighted by atomic mass is 16.5. The van der Waals surface area contributed by atoms with Crippen LogP contribution < -0.4 is 10.1 Å². The summed E-state index contributed by atoms with van der Waals surface area (Å²) in [6.45, 7) is 11.9. The van der Waals surface area contributed by atoms with Crippen LogP contribution in [0.1, 0.15) is 36.1 Å². The predicted molar refractivity (Wildman–Crippen MR) is 79.2 cm³/mol. The maximum Gasteiger partial charge on any atom is 0.133 e. The van der Waals surface area contributed by atoms with E-state index in [1.165, 1.54) is 16.7 Å². The van der Waals surface area contributed by atoms with Gasteiger partial charge >= 0.3 is 0 Å². The van der Waals surface area contributed by atoms with Gasteiger partial charge in [-0.05, 0) is 43.0 Å². The lowest BCUT2D eigenvalue weighted by atomic mass is 9.79. The zero-order chi connectivity index (χ0) is 14.6. The Bertz CT molecular complexity index is 464. The van der Waals surface area contributed by atoms with Gasteiger partial charge in [0.15, 0.2) is 0 Å². The van der Waals surface area contributed by atoms with Crippen molar-refractivity contribution in [3.63, 3.8) is 0 Å². The normalized spacial score (nSPS) is 11.5. The second-order valence-corrected chi connectivity index (χ2v) is 5.71. The van der Waals surface area contributed by atoms with Crippen molar-refractivity contribution in [1.29, 1.82) is 0 Å². The second-order valence-electron chi connectivity index (χ2n) is 5.71. The smallest absolute Gasteiger partial charge is 0.133 e. The summed E-state index contributed by atoms with van der Waals surface area (Å²) in [6, 6.07) is 2.20. The Balaban J connectivity index is 3.16. The summed E-state index contributed by atoms with van der Waals surface area (Å²) in [5.74, 6) is 0.970. The summed E-state index contributed by atoms with van der Waals surface area (Å²) in [6.07, 6.45) is 0.896. The first-order valence-electron chi connectivity index (χ1n) is 6.64. The van der Waals surface area contributed by atoms with Crippen LogP contribution in [0.5, 0.6) is 5.75 Å². The van der Waals surface area contributed by atoms with Crippen LogP contribution in [0.25, 0.3) is 0 Å². The zero-order valence-corrected chi connectivity index (χ0v) is 12.9. The molecule has 1 N–H and O–H groups in total. The molecule has 1 aromatic carbocycles. The van der Waals surface area contributed by atoms with Gasteiger partial charge in [0.2, 0.25) is 0 Å². The third kappa shape index (κ3) is 3.35. The number of carbonyl (C=O) groups is 1. The van der Waals surface area contributed by atoms with E-state index < -0.39 is 0 Å². The van der Waals surface area contributed by atoms with Crippen molar-refractivity contribution in [3.8, 4) is 5.75 Å². The molecule has 0 aliphatic carbocycles. The molecule has 0 radical (unpaired) electrons. The molecular formula is C16H25NO2. The molecule has 0 saturated carbocycles. The third-order valence-corrected chi connectivity index (χ3v) is 3.75. The molecule has 0 atom stereocenters. The van der Waals surface area contributed by atoms with Crippen molar-refractivity contribution in [2.75, 3.05) is 20.2 Å². The van der Waals surface area contributed by atoms with Crippen LogP contribution in [-0.4, -0.2) is 26.5 Å². The van der Waals surface area contributed by atoms with Crippen LogP contribution in [0.15, 0.2) is 6.07 Å². The van der Waals surface area contributed by atoms with E-state index in [1.807, 2.05) is 0 Å². The molecule has 0 fully saturated rings. The fourth-order valence-corrected chi connectivity index (χ4v) is 2.61. The van der Waals surface area contributed by atoms with Gasteiger partial charge in [-0.15, -0.1) is 0 Å². The van der Waals surface area contributed by atoms with E-state index in [0.29, 0.717) is 6.54 Å². The van der Waals surface area contributed by atoms with Crippen molar-refractivity contribution in [2.24, 2.45) is 0 Å². The van der Waals surface area contributed by atoms with E-state index in [1.54, 1.807) is 7.11 Å². The van der Waals surface area contributed by atoms with Gasteiger partial charge in [0.1, 0.15) is 12.0 Å². The Morgan fingerprint density at radius 2 is 1.89 bits per heavy atom. The van der Waals surface area contributed by atoms with Crippen molar-refractivity contribution < 1.29 is 9.53 Å². The van der Waals surface area contributed by atoms with E-state index in [9.17, 15) is 4.79 Å². The molecule has 0 aliphatic heterocycles. The minimum atomic E-state index is -0.0190. The summed E-state index contributed by atoms with van der Waals surface area (Å²) < 4.78 is 5.46. The third-order valence-electron chi connectivity index (χ3n) is 3.75. The summed E-state index contributed by atoms with van der Waals surface area (Å²) in [5, 5.41) is 3.17. The second kappa shape index (κ2) is 6.20. The first kappa shape index (κ1) is 15.7. The van der Waals surface area contributed by atoms with Crippen LogP contribution >= 0.6 is 0 Å². The number of aryl methyl sites for hydroxylation is 1. The van der Waals surface area contributed by atoms with Crippen molar-refractivity contribution in [3.05, 3.63) is 28.3 Å². The minimum absolute atomic E-state index is 0.0190. The van der Waals surface area contributed by atoms with Crippen molar-refractivity contribution in [2.45, 2.75) is 40.0 Å². The van der Waals surface area contributed by atoms with Gasteiger partial charge in [0.25, 0.3) is 0 Å². The molecule has 1 aromatic rings. The molecule has 0 saturated heterocycles. The van der Waals surface area contributed by atoms with Gasteiger partial charge in [-0.25, -0.2) is 0 Å². The van der Waals surface area contributed by atoms with Gasteiger partial charge in [-0.2, -0.15) is 0 Å². The van der Waals surface area contributed by atoms with E-state index in [0.717, 1.165) is 24.1 Å². The van der Waals surface area contributed by atoms with Crippen LogP contribution in [0.3, 0.4) is 0 Å². The average Bonchev–Trinajstić information content (AvgIpc) is 2.34. The van der Waals surface area contributed by atoms with Crippen LogP contribution in [0, 0.1) is 20.8 Å². The number of benzene rings is 1. The number of carbonyl (C=O) groups excluding carboxylic acids is 1. The number of methoxy groups -OCH3 is 1. The number of ether oxygens (including phenoxy) is 1. The summed E-state index contributed by atoms with van der Waals surface area (Å²) in [7, 11) is 1.71. The molecule has 19 heavy (non-hydrogen) atoms.